The third-order valence-electron chi connectivity index (χ3n) is 11.1. The van der Waals surface area contributed by atoms with Crippen LogP contribution in [0.3, 0.4) is 0 Å². The van der Waals surface area contributed by atoms with E-state index in [4.69, 9.17) is 4.74 Å². The van der Waals surface area contributed by atoms with Crippen LogP contribution in [0.25, 0.3) is 0 Å². The molecule has 4 aliphatic carbocycles. The number of hydrogen-bond donors (Lipinski definition) is 0. The summed E-state index contributed by atoms with van der Waals surface area (Å²) in [7, 11) is 0. The molecule has 0 unspecified atom stereocenters. The maximum absolute atomic E-state index is 14.2. The first-order valence-corrected chi connectivity index (χ1v) is 14.9. The highest BCUT2D eigenvalue weighted by atomic mass is 19.1. The van der Waals surface area contributed by atoms with Gasteiger partial charge in [-0.15, -0.1) is 0 Å². The molecule has 4 aliphatic rings. The average molecular weight is 507 g/mol. The van der Waals surface area contributed by atoms with Crippen molar-refractivity contribution in [1.29, 1.82) is 0 Å². The fraction of sp³-hybridized carbons (Fsp3) is 0.676. The summed E-state index contributed by atoms with van der Waals surface area (Å²) >= 11 is 0. The van der Waals surface area contributed by atoms with Gasteiger partial charge in [-0.25, -0.2) is 9.18 Å². The van der Waals surface area contributed by atoms with Gasteiger partial charge < -0.3 is 4.74 Å². The molecule has 0 aliphatic heterocycles. The lowest BCUT2D eigenvalue weighted by Crippen LogP contribution is -2.46. The lowest BCUT2D eigenvalue weighted by molar-refractivity contribution is -0.00687. The minimum absolute atomic E-state index is 0.181. The van der Waals surface area contributed by atoms with Crippen LogP contribution >= 0.6 is 0 Å². The molecule has 5 rings (SSSR count). The Balaban J connectivity index is 1.20. The normalized spacial score (nSPS) is 35.9. The number of allylic oxidation sites excluding steroid dienone is 4. The molecule has 2 nitrogen and oxygen atoms in total. The van der Waals surface area contributed by atoms with E-state index < -0.39 is 11.8 Å². The second-order valence-electron chi connectivity index (χ2n) is 13.8. The number of rotatable bonds is 7. The van der Waals surface area contributed by atoms with Crippen LogP contribution in [0.1, 0.15) is 109 Å². The number of ether oxygens (including phenoxy) is 1. The van der Waals surface area contributed by atoms with Crippen molar-refractivity contribution in [3.8, 4) is 0 Å². The Labute approximate surface area is 224 Å². The van der Waals surface area contributed by atoms with Gasteiger partial charge in [0.2, 0.25) is 0 Å². The number of hydrogen-bond acceptors (Lipinski definition) is 2. The number of benzene rings is 1. The number of alkyl halides is 1. The van der Waals surface area contributed by atoms with Crippen molar-refractivity contribution in [2.24, 2.45) is 34.5 Å². The minimum atomic E-state index is -0.647. The second kappa shape index (κ2) is 10.0. The van der Waals surface area contributed by atoms with Crippen molar-refractivity contribution in [3.63, 3.8) is 0 Å². The summed E-state index contributed by atoms with van der Waals surface area (Å²) in [4.78, 5) is 12.6. The molecule has 37 heavy (non-hydrogen) atoms. The van der Waals surface area contributed by atoms with E-state index in [1.54, 1.807) is 5.57 Å². The molecule has 7 atom stereocenters. The van der Waals surface area contributed by atoms with Gasteiger partial charge in [0.1, 0.15) is 11.8 Å². The Morgan fingerprint density at radius 1 is 1.05 bits per heavy atom. The van der Waals surface area contributed by atoms with Crippen molar-refractivity contribution in [2.45, 2.75) is 111 Å². The summed E-state index contributed by atoms with van der Waals surface area (Å²) < 4.78 is 20.1. The zero-order valence-electron chi connectivity index (χ0n) is 23.7. The van der Waals surface area contributed by atoms with Gasteiger partial charge in [-0.1, -0.05) is 68.7 Å². The molecule has 0 saturated heterocycles. The average Bonchev–Trinajstić information content (AvgIpc) is 3.22. The van der Waals surface area contributed by atoms with Gasteiger partial charge in [-0.3, -0.25) is 0 Å². The van der Waals surface area contributed by atoms with Crippen LogP contribution < -0.4 is 0 Å². The van der Waals surface area contributed by atoms with E-state index in [2.05, 4.69) is 32.9 Å². The van der Waals surface area contributed by atoms with Crippen molar-refractivity contribution in [1.82, 2.24) is 0 Å². The fourth-order valence-corrected chi connectivity index (χ4v) is 8.92. The number of carbonyl (C=O) groups is 1. The number of carbonyl (C=O) groups excluding carboxylic acids is 1. The fourth-order valence-electron chi connectivity index (χ4n) is 8.92. The molecule has 3 fully saturated rings. The molecule has 3 saturated carbocycles. The molecule has 0 amide bonds. The van der Waals surface area contributed by atoms with E-state index in [1.165, 1.54) is 37.7 Å². The number of esters is 1. The highest BCUT2D eigenvalue weighted by Crippen LogP contribution is 2.66. The molecule has 202 valence electrons. The Morgan fingerprint density at radius 3 is 2.57 bits per heavy atom. The lowest BCUT2D eigenvalue weighted by atomic mass is 9.50. The van der Waals surface area contributed by atoms with Crippen molar-refractivity contribution < 1.29 is 13.9 Å². The van der Waals surface area contributed by atoms with Gasteiger partial charge in [-0.05, 0) is 112 Å². The first kappa shape index (κ1) is 26.7. The molecule has 3 heteroatoms. The SMILES string of the molecule is C[C@H](CCCC(C)(C)OC(=O)c1ccccc1)[C@H]1CC[C@H]2C3=CC=C4C[C@@H](F)CC[C@]4(C)[C@H]3CC[C@]12C. The lowest BCUT2D eigenvalue weighted by Gasteiger charge is -2.55. The van der Waals surface area contributed by atoms with E-state index >= 15 is 0 Å². The van der Waals surface area contributed by atoms with E-state index in [-0.39, 0.29) is 11.4 Å². The molecular weight excluding hydrogens is 459 g/mol. The monoisotopic (exact) mass is 506 g/mol. The molecule has 0 N–H and O–H groups in total. The Morgan fingerprint density at radius 2 is 1.81 bits per heavy atom. The summed E-state index contributed by atoms with van der Waals surface area (Å²) in [5.41, 5.74) is 3.78. The summed E-state index contributed by atoms with van der Waals surface area (Å²) in [5, 5.41) is 0. The van der Waals surface area contributed by atoms with E-state index in [9.17, 15) is 9.18 Å². The van der Waals surface area contributed by atoms with Crippen LogP contribution in [-0.4, -0.2) is 17.7 Å². The molecule has 0 bridgehead atoms. The highest BCUT2D eigenvalue weighted by Gasteiger charge is 2.57. The van der Waals surface area contributed by atoms with Crippen LogP contribution in [-0.2, 0) is 4.74 Å². The van der Waals surface area contributed by atoms with Crippen LogP contribution in [0.4, 0.5) is 4.39 Å². The molecule has 0 aromatic heterocycles. The van der Waals surface area contributed by atoms with Gasteiger partial charge in [0.05, 0.1) is 5.56 Å². The third kappa shape index (κ3) is 4.97. The summed E-state index contributed by atoms with van der Waals surface area (Å²) in [6.07, 6.45) is 14.8. The zero-order chi connectivity index (χ0) is 26.4. The predicted octanol–water partition coefficient (Wildman–Crippen LogP) is 9.27. The van der Waals surface area contributed by atoms with Crippen molar-refractivity contribution in [2.75, 3.05) is 0 Å². The molecule has 0 heterocycles. The van der Waals surface area contributed by atoms with Crippen molar-refractivity contribution >= 4 is 5.97 Å². The van der Waals surface area contributed by atoms with Crippen molar-refractivity contribution in [3.05, 3.63) is 59.2 Å². The first-order valence-electron chi connectivity index (χ1n) is 14.9. The van der Waals surface area contributed by atoms with Gasteiger partial charge in [0, 0.05) is 6.42 Å². The largest absolute Gasteiger partial charge is 0.456 e. The van der Waals surface area contributed by atoms with Gasteiger partial charge in [0.15, 0.2) is 0 Å². The maximum Gasteiger partial charge on any atom is 0.338 e. The first-order chi connectivity index (χ1) is 17.5. The Hall–Kier alpha value is -1.90. The summed E-state index contributed by atoms with van der Waals surface area (Å²) in [6.45, 7) is 11.6. The van der Waals surface area contributed by atoms with Gasteiger partial charge in [0.25, 0.3) is 0 Å². The molecule has 1 aromatic rings. The second-order valence-corrected chi connectivity index (χ2v) is 13.8. The predicted molar refractivity (Wildman–Crippen MR) is 149 cm³/mol. The number of fused-ring (bicyclic) bond motifs is 5. The highest BCUT2D eigenvalue weighted by molar-refractivity contribution is 5.89. The minimum Gasteiger partial charge on any atom is -0.456 e. The Kier molecular flexibility index (Phi) is 7.22. The molecule has 1 aromatic carbocycles. The Bertz CT molecular complexity index is 1050. The van der Waals surface area contributed by atoms with E-state index in [0.717, 1.165) is 31.6 Å². The van der Waals surface area contributed by atoms with E-state index in [1.807, 2.05) is 44.2 Å². The molecular formula is C34H47FO2. The quantitative estimate of drug-likeness (QED) is 0.344. The van der Waals surface area contributed by atoms with Gasteiger partial charge >= 0.3 is 5.97 Å². The summed E-state index contributed by atoms with van der Waals surface area (Å²) in [5.74, 6) is 2.48. The molecule has 0 spiro atoms. The van der Waals surface area contributed by atoms with Crippen LogP contribution in [0.2, 0.25) is 0 Å². The maximum atomic E-state index is 14.2. The van der Waals surface area contributed by atoms with Crippen LogP contribution in [0.5, 0.6) is 0 Å². The van der Waals surface area contributed by atoms with E-state index in [0.29, 0.717) is 35.2 Å². The van der Waals surface area contributed by atoms with Gasteiger partial charge in [-0.2, -0.15) is 0 Å². The third-order valence-corrected chi connectivity index (χ3v) is 11.1. The number of halogens is 1. The standard InChI is InChI=1S/C34H47FO2/c1-23(10-9-19-32(2,3)37-31(36)24-11-7-6-8-12-24)28-15-16-29-27-14-13-25-22-26(35)17-20-33(25,4)30(27)18-21-34(28,29)5/h6-8,11-14,23,26,28-30H,9-10,15-22H2,1-5H3/t23-,26+,28-,29+,30+,33+,34-/m1/s1. The topological polar surface area (TPSA) is 26.3 Å². The smallest absolute Gasteiger partial charge is 0.338 e. The zero-order valence-corrected chi connectivity index (χ0v) is 23.7. The summed E-state index contributed by atoms with van der Waals surface area (Å²) in [6, 6.07) is 9.30. The molecule has 0 radical (unpaired) electrons. The van der Waals surface area contributed by atoms with Crippen LogP contribution in [0.15, 0.2) is 53.6 Å². The van der Waals surface area contributed by atoms with Crippen LogP contribution in [0, 0.1) is 34.5 Å².